The van der Waals surface area contributed by atoms with Crippen LogP contribution in [0.5, 0.6) is 0 Å². The van der Waals surface area contributed by atoms with Crippen molar-refractivity contribution < 1.29 is 9.53 Å². The van der Waals surface area contributed by atoms with Gasteiger partial charge in [0.25, 0.3) is 0 Å². The van der Waals surface area contributed by atoms with Gasteiger partial charge in [0.15, 0.2) is 5.96 Å². The second-order valence-corrected chi connectivity index (χ2v) is 7.77. The van der Waals surface area contributed by atoms with Crippen molar-refractivity contribution in [3.8, 4) is 0 Å². The summed E-state index contributed by atoms with van der Waals surface area (Å²) in [5.41, 5.74) is -0.994. The zero-order valence-corrected chi connectivity index (χ0v) is 16.8. The van der Waals surface area contributed by atoms with Crippen molar-refractivity contribution >= 4 is 12.1 Å². The first-order valence-corrected chi connectivity index (χ1v) is 8.89. The quantitative estimate of drug-likeness (QED) is 0.365. The first-order valence-electron chi connectivity index (χ1n) is 8.89. The molecule has 0 atom stereocenters. The smallest absolute Gasteiger partial charge is 0.408 e. The maximum atomic E-state index is 11.9. The summed E-state index contributed by atoms with van der Waals surface area (Å²) in [6.07, 6.45) is 5.02. The van der Waals surface area contributed by atoms with E-state index in [0.29, 0.717) is 12.5 Å². The lowest BCUT2D eigenvalue weighted by atomic mass is 10.1. The van der Waals surface area contributed by atoms with Gasteiger partial charge in [0, 0.05) is 26.7 Å². The Morgan fingerprint density at radius 3 is 2.35 bits per heavy atom. The van der Waals surface area contributed by atoms with Crippen LogP contribution in [0.3, 0.4) is 0 Å². The van der Waals surface area contributed by atoms with Gasteiger partial charge in [0.05, 0.1) is 5.54 Å². The van der Waals surface area contributed by atoms with E-state index < -0.39 is 17.2 Å². The number of nitrogens with zero attached hydrogens (tertiary/aromatic N) is 4. The van der Waals surface area contributed by atoms with Crippen LogP contribution in [0.15, 0.2) is 17.6 Å². The minimum atomic E-state index is -0.516. The molecule has 0 aromatic carbocycles. The number of aryl methyl sites for hydroxylation is 1. The molecule has 0 unspecified atom stereocenters. The number of carbonyl (C=O) groups excluding carboxylic acids is 1. The van der Waals surface area contributed by atoms with Crippen molar-refractivity contribution in [3.05, 3.63) is 12.7 Å². The van der Waals surface area contributed by atoms with Crippen LogP contribution >= 0.6 is 0 Å². The fraction of sp³-hybridized carbons (Fsp3) is 0.765. The van der Waals surface area contributed by atoms with Crippen molar-refractivity contribution in [2.24, 2.45) is 4.99 Å². The number of guanidine groups is 1. The Bertz CT molecular complexity index is 562. The van der Waals surface area contributed by atoms with Crippen molar-refractivity contribution in [2.75, 3.05) is 20.1 Å². The third-order valence-corrected chi connectivity index (χ3v) is 3.36. The van der Waals surface area contributed by atoms with Gasteiger partial charge < -0.3 is 25.3 Å². The monoisotopic (exact) mass is 367 g/mol. The van der Waals surface area contributed by atoms with Gasteiger partial charge in [-0.25, -0.2) is 4.79 Å². The lowest BCUT2D eigenvalue weighted by Crippen LogP contribution is -2.54. The Morgan fingerprint density at radius 1 is 1.12 bits per heavy atom. The molecule has 0 aliphatic carbocycles. The molecule has 1 rings (SSSR count). The van der Waals surface area contributed by atoms with E-state index in [1.165, 1.54) is 0 Å². The second kappa shape index (κ2) is 9.98. The van der Waals surface area contributed by atoms with Gasteiger partial charge >= 0.3 is 6.09 Å². The fourth-order valence-corrected chi connectivity index (χ4v) is 2.11. The van der Waals surface area contributed by atoms with Crippen LogP contribution in [-0.2, 0) is 11.3 Å². The Kier molecular flexibility index (Phi) is 8.34. The number of unbranched alkanes of at least 4 members (excludes halogenated alkanes) is 1. The normalized spacial score (nSPS) is 12.6. The molecule has 0 aliphatic heterocycles. The van der Waals surface area contributed by atoms with Gasteiger partial charge in [-0.2, -0.15) is 0 Å². The van der Waals surface area contributed by atoms with E-state index in [1.54, 1.807) is 19.7 Å². The van der Waals surface area contributed by atoms with Crippen LogP contribution in [0.4, 0.5) is 4.79 Å². The van der Waals surface area contributed by atoms with Crippen molar-refractivity contribution in [2.45, 2.75) is 65.1 Å². The number of alkyl carbamates (subject to hydrolysis) is 1. The van der Waals surface area contributed by atoms with Crippen LogP contribution in [-0.4, -0.2) is 58.1 Å². The number of carbonyl (C=O) groups is 1. The average molecular weight is 367 g/mol. The molecule has 0 bridgehead atoms. The summed E-state index contributed by atoms with van der Waals surface area (Å²) in [6.45, 7) is 11.6. The number of amides is 1. The van der Waals surface area contributed by atoms with Gasteiger partial charge in [0.2, 0.25) is 0 Å². The number of nitrogens with one attached hydrogen (secondary N) is 3. The molecule has 0 radical (unpaired) electrons. The van der Waals surface area contributed by atoms with Crippen LogP contribution in [0.1, 0.15) is 47.5 Å². The molecule has 9 nitrogen and oxygen atoms in total. The van der Waals surface area contributed by atoms with Crippen molar-refractivity contribution in [1.82, 2.24) is 30.7 Å². The number of aliphatic imine (C=N–C) groups is 1. The summed E-state index contributed by atoms with van der Waals surface area (Å²) < 4.78 is 7.25. The summed E-state index contributed by atoms with van der Waals surface area (Å²) in [5, 5.41) is 16.9. The van der Waals surface area contributed by atoms with Gasteiger partial charge in [-0.3, -0.25) is 4.99 Å². The van der Waals surface area contributed by atoms with E-state index in [1.807, 2.05) is 39.2 Å². The highest BCUT2D eigenvalue weighted by atomic mass is 16.6. The first-order chi connectivity index (χ1) is 12.1. The summed E-state index contributed by atoms with van der Waals surface area (Å²) in [5.74, 6) is 0.702. The largest absolute Gasteiger partial charge is 0.444 e. The van der Waals surface area contributed by atoms with Gasteiger partial charge in [-0.1, -0.05) is 0 Å². The first kappa shape index (κ1) is 21.7. The molecule has 0 aliphatic rings. The molecule has 1 aromatic rings. The number of hydrogen-bond donors (Lipinski definition) is 3. The Balaban J connectivity index is 2.25. The van der Waals surface area contributed by atoms with Gasteiger partial charge in [0.1, 0.15) is 18.3 Å². The highest BCUT2D eigenvalue weighted by Crippen LogP contribution is 2.09. The van der Waals surface area contributed by atoms with E-state index in [4.69, 9.17) is 4.74 Å². The topological polar surface area (TPSA) is 105 Å². The van der Waals surface area contributed by atoms with Crippen molar-refractivity contribution in [3.63, 3.8) is 0 Å². The number of hydrogen-bond acceptors (Lipinski definition) is 5. The molecule has 9 heteroatoms. The van der Waals surface area contributed by atoms with Crippen LogP contribution < -0.4 is 16.0 Å². The molecule has 0 saturated carbocycles. The zero-order valence-electron chi connectivity index (χ0n) is 16.8. The number of rotatable bonds is 8. The second-order valence-electron chi connectivity index (χ2n) is 7.77. The molecule has 3 N–H and O–H groups in total. The minimum absolute atomic E-state index is 0.429. The number of aromatic nitrogens is 3. The molecule has 0 saturated heterocycles. The molecular formula is C17H33N7O2. The molecule has 1 amide bonds. The van der Waals surface area contributed by atoms with Gasteiger partial charge in [-0.05, 0) is 47.5 Å². The van der Waals surface area contributed by atoms with E-state index in [9.17, 15) is 4.79 Å². The van der Waals surface area contributed by atoms with E-state index in [0.717, 1.165) is 25.9 Å². The van der Waals surface area contributed by atoms with Gasteiger partial charge in [-0.15, -0.1) is 10.2 Å². The highest BCUT2D eigenvalue weighted by Gasteiger charge is 2.24. The molecule has 0 spiro atoms. The summed E-state index contributed by atoms with van der Waals surface area (Å²) in [4.78, 5) is 16.1. The molecule has 0 fully saturated rings. The maximum Gasteiger partial charge on any atom is 0.408 e. The SMILES string of the molecule is CN=C(NCCCCn1cnnc1)NCC(C)(C)NC(=O)OC(C)(C)C. The minimum Gasteiger partial charge on any atom is -0.444 e. The Morgan fingerprint density at radius 2 is 1.77 bits per heavy atom. The molecule has 148 valence electrons. The predicted molar refractivity (Wildman–Crippen MR) is 102 cm³/mol. The lowest BCUT2D eigenvalue weighted by molar-refractivity contribution is 0.0474. The summed E-state index contributed by atoms with van der Waals surface area (Å²) >= 11 is 0. The molecule has 26 heavy (non-hydrogen) atoms. The summed E-state index contributed by atoms with van der Waals surface area (Å²) in [6, 6.07) is 0. The van der Waals surface area contributed by atoms with Crippen LogP contribution in [0.2, 0.25) is 0 Å². The molecule has 1 aromatic heterocycles. The number of ether oxygens (including phenoxy) is 1. The lowest BCUT2D eigenvalue weighted by Gasteiger charge is -2.29. The van der Waals surface area contributed by atoms with E-state index >= 15 is 0 Å². The summed E-state index contributed by atoms with van der Waals surface area (Å²) in [7, 11) is 1.72. The highest BCUT2D eigenvalue weighted by molar-refractivity contribution is 5.79. The third-order valence-electron chi connectivity index (χ3n) is 3.36. The molecular weight excluding hydrogens is 334 g/mol. The standard InChI is InChI=1S/C17H33N7O2/c1-16(2,3)26-15(25)23-17(4,5)11-20-14(18-6)19-9-7-8-10-24-12-21-22-13-24/h12-13H,7-11H2,1-6H3,(H,23,25)(H2,18,19,20). The zero-order chi connectivity index (χ0) is 19.6. The maximum absolute atomic E-state index is 11.9. The van der Waals surface area contributed by atoms with Crippen molar-refractivity contribution in [1.29, 1.82) is 0 Å². The van der Waals surface area contributed by atoms with Crippen LogP contribution in [0.25, 0.3) is 0 Å². The Labute approximate surface area is 156 Å². The van der Waals surface area contributed by atoms with E-state index in [2.05, 4.69) is 31.1 Å². The predicted octanol–water partition coefficient (Wildman–Crippen LogP) is 1.53. The van der Waals surface area contributed by atoms with E-state index in [-0.39, 0.29) is 0 Å². The fourth-order valence-electron chi connectivity index (χ4n) is 2.11. The average Bonchev–Trinajstić information content (AvgIpc) is 3.00. The van der Waals surface area contributed by atoms with Crippen LogP contribution in [0, 0.1) is 0 Å². The molecule has 1 heterocycles. The third kappa shape index (κ3) is 9.85. The Hall–Kier alpha value is -2.32.